The van der Waals surface area contributed by atoms with E-state index in [1.165, 1.54) is 0 Å². The first kappa shape index (κ1) is 33.2. The molecule has 4 N–H and O–H groups in total. The molecule has 0 aliphatic rings. The molecule has 0 aromatic carbocycles. The largest absolute Gasteiger partial charge is 2.00 e. The molecule has 0 spiro atoms. The van der Waals surface area contributed by atoms with E-state index in [1.54, 1.807) is 0 Å². The van der Waals surface area contributed by atoms with Crippen molar-refractivity contribution in [2.45, 2.75) is 0 Å². The van der Waals surface area contributed by atoms with E-state index in [1.807, 2.05) is 0 Å². The van der Waals surface area contributed by atoms with Gasteiger partial charge in [-0.15, -0.1) is 0 Å². The zero-order valence-electron chi connectivity index (χ0n) is 2.86. The Kier molecular flexibility index (Phi) is 153. The van der Waals surface area contributed by atoms with Crippen LogP contribution in [0.1, 0.15) is 0 Å². The standard InChI is InChI=1S/K.Mg.2H2N/h;;2*1H2/q;+2;2*-1. The van der Waals surface area contributed by atoms with Gasteiger partial charge in [0.25, 0.3) is 0 Å². The third-order valence-corrected chi connectivity index (χ3v) is 0. The summed E-state index contributed by atoms with van der Waals surface area (Å²) in [4.78, 5) is 0. The van der Waals surface area contributed by atoms with E-state index >= 15 is 0 Å². The fourth-order valence-electron chi connectivity index (χ4n) is 0. The Bertz CT molecular complexity index is 6.00. The van der Waals surface area contributed by atoms with Crippen LogP contribution in [0.15, 0.2) is 0 Å². The molecule has 0 saturated carbocycles. The molecular formula is H4KMgN2. The number of hydrogen-bond donors (Lipinski definition) is 0. The Balaban J connectivity index is 0. The maximum atomic E-state index is 0. The van der Waals surface area contributed by atoms with Crippen LogP contribution in [0.25, 0.3) is 12.3 Å². The molecule has 0 fully saturated rings. The van der Waals surface area contributed by atoms with Crippen LogP contribution in [0.5, 0.6) is 0 Å². The maximum absolute atomic E-state index is 0. The molecule has 0 unspecified atom stereocenters. The molecule has 17 valence electrons. The van der Waals surface area contributed by atoms with Crippen LogP contribution in [0.2, 0.25) is 0 Å². The van der Waals surface area contributed by atoms with E-state index in [0.717, 1.165) is 0 Å². The van der Waals surface area contributed by atoms with Crippen LogP contribution in [-0.4, -0.2) is 74.4 Å². The van der Waals surface area contributed by atoms with Gasteiger partial charge in [0.1, 0.15) is 0 Å². The normalized spacial score (nSPS) is 0. The van der Waals surface area contributed by atoms with Crippen LogP contribution < -0.4 is 0 Å². The molecule has 0 aliphatic carbocycles. The average Bonchev–Trinajstić information content (AvgIpc) is 0. The minimum atomic E-state index is 0. The van der Waals surface area contributed by atoms with Crippen molar-refractivity contribution in [1.29, 1.82) is 0 Å². The van der Waals surface area contributed by atoms with Crippen LogP contribution in [0, 0.1) is 0 Å². The van der Waals surface area contributed by atoms with Gasteiger partial charge in [-0.3, -0.25) is 0 Å². The second-order valence-corrected chi connectivity index (χ2v) is 0. The number of hydrogen-bond acceptors (Lipinski definition) is 0. The molecule has 0 amide bonds. The predicted molar refractivity (Wildman–Crippen MR) is 22.1 cm³/mol. The molecular weight excluding hydrogens is 91.4 g/mol. The van der Waals surface area contributed by atoms with Gasteiger partial charge >= 0.3 is 23.1 Å². The summed E-state index contributed by atoms with van der Waals surface area (Å²) in [7, 11) is 0. The molecule has 4 heavy (non-hydrogen) atoms. The van der Waals surface area contributed by atoms with Crippen molar-refractivity contribution >= 4 is 74.4 Å². The first-order valence-corrected chi connectivity index (χ1v) is 0. The SMILES string of the molecule is [K].[Mg+2].[NH2-].[NH2-]. The quantitative estimate of drug-likeness (QED) is 0.397. The summed E-state index contributed by atoms with van der Waals surface area (Å²) >= 11 is 0. The molecule has 1 radical (unpaired) electrons. The van der Waals surface area contributed by atoms with Crippen molar-refractivity contribution in [3.63, 3.8) is 0 Å². The van der Waals surface area contributed by atoms with Gasteiger partial charge in [0.2, 0.25) is 0 Å². The number of nitrogens with two attached hydrogens (primary N) is 2. The summed E-state index contributed by atoms with van der Waals surface area (Å²) in [6, 6.07) is 0. The van der Waals surface area contributed by atoms with Crippen molar-refractivity contribution in [2.24, 2.45) is 0 Å². The van der Waals surface area contributed by atoms with Crippen LogP contribution in [-0.2, 0) is 0 Å². The number of rotatable bonds is 0. The third-order valence-electron chi connectivity index (χ3n) is 0. The molecule has 0 aliphatic heterocycles. The predicted octanol–water partition coefficient (Wildman–Crippen LogP) is 0.673. The maximum Gasteiger partial charge on any atom is 2.00 e. The van der Waals surface area contributed by atoms with Gasteiger partial charge in [0.05, 0.1) is 0 Å². The van der Waals surface area contributed by atoms with Gasteiger partial charge in [-0.2, -0.15) is 0 Å². The molecule has 2 nitrogen and oxygen atoms in total. The Morgan fingerprint density at radius 1 is 0.750 bits per heavy atom. The zero-order valence-corrected chi connectivity index (χ0v) is 7.40. The first-order valence-electron chi connectivity index (χ1n) is 0. The second kappa shape index (κ2) is 18.4. The van der Waals surface area contributed by atoms with Gasteiger partial charge in [-0.25, -0.2) is 0 Å². The minimum absolute atomic E-state index is 0. The summed E-state index contributed by atoms with van der Waals surface area (Å²) in [6.07, 6.45) is 0. The average molecular weight is 95.4 g/mol. The molecule has 0 aromatic rings. The summed E-state index contributed by atoms with van der Waals surface area (Å²) in [5, 5.41) is 0. The smallest absolute Gasteiger partial charge is 0.693 e. The van der Waals surface area contributed by atoms with Gasteiger partial charge in [0.15, 0.2) is 0 Å². The van der Waals surface area contributed by atoms with Crippen molar-refractivity contribution in [2.75, 3.05) is 0 Å². The molecule has 0 rings (SSSR count). The van der Waals surface area contributed by atoms with Crippen LogP contribution >= 0.6 is 0 Å². The van der Waals surface area contributed by atoms with E-state index in [9.17, 15) is 0 Å². The van der Waals surface area contributed by atoms with Gasteiger partial charge in [0, 0.05) is 51.4 Å². The van der Waals surface area contributed by atoms with Crippen molar-refractivity contribution < 1.29 is 0 Å². The van der Waals surface area contributed by atoms with Crippen LogP contribution in [0.3, 0.4) is 0 Å². The Morgan fingerprint density at radius 2 is 0.750 bits per heavy atom. The topological polar surface area (TPSA) is 67.0 Å². The Labute approximate surface area is 84.8 Å². The van der Waals surface area contributed by atoms with Crippen molar-refractivity contribution in [3.8, 4) is 0 Å². The van der Waals surface area contributed by atoms with Crippen LogP contribution in [0.4, 0.5) is 0 Å². The molecule has 0 saturated heterocycles. The van der Waals surface area contributed by atoms with Crippen molar-refractivity contribution in [3.05, 3.63) is 12.3 Å². The molecule has 0 heterocycles. The van der Waals surface area contributed by atoms with E-state index in [0.29, 0.717) is 0 Å². The summed E-state index contributed by atoms with van der Waals surface area (Å²) in [5.74, 6) is 0. The minimum Gasteiger partial charge on any atom is -0.693 e. The monoisotopic (exact) mass is 95.0 g/mol. The summed E-state index contributed by atoms with van der Waals surface area (Å²) in [5.41, 5.74) is 0. The summed E-state index contributed by atoms with van der Waals surface area (Å²) < 4.78 is 0. The van der Waals surface area contributed by atoms with E-state index < -0.39 is 0 Å². The summed E-state index contributed by atoms with van der Waals surface area (Å²) in [6.45, 7) is 0. The Hall–Kier alpha value is 2.32. The fraction of sp³-hybridized carbons (Fsp3) is 0. The van der Waals surface area contributed by atoms with Gasteiger partial charge in [-0.1, -0.05) is 0 Å². The van der Waals surface area contributed by atoms with Gasteiger partial charge < -0.3 is 12.3 Å². The van der Waals surface area contributed by atoms with E-state index in [4.69, 9.17) is 0 Å². The first-order chi connectivity index (χ1) is 0. The molecule has 0 atom stereocenters. The Morgan fingerprint density at radius 3 is 0.750 bits per heavy atom. The fourth-order valence-corrected chi connectivity index (χ4v) is 0. The molecule has 0 aromatic heterocycles. The molecule has 4 heteroatoms. The van der Waals surface area contributed by atoms with Crippen molar-refractivity contribution in [1.82, 2.24) is 0 Å². The molecule has 0 bridgehead atoms. The van der Waals surface area contributed by atoms with E-state index in [2.05, 4.69) is 0 Å². The second-order valence-electron chi connectivity index (χ2n) is 0. The third kappa shape index (κ3) is 8.85. The van der Waals surface area contributed by atoms with E-state index in [-0.39, 0.29) is 86.7 Å². The zero-order chi connectivity index (χ0) is 0. The van der Waals surface area contributed by atoms with Gasteiger partial charge in [-0.05, 0) is 0 Å².